The van der Waals surface area contributed by atoms with Crippen LogP contribution >= 0.6 is 0 Å². The number of alkyl carbamates (subject to hydrolysis) is 1. The van der Waals surface area contributed by atoms with Gasteiger partial charge in [-0.1, -0.05) is 60.7 Å². The molecule has 2 aromatic carbocycles. The van der Waals surface area contributed by atoms with E-state index in [1.54, 1.807) is 0 Å². The Kier molecular flexibility index (Phi) is 7.98. The molecule has 0 aliphatic heterocycles. The first kappa shape index (κ1) is 20.9. The van der Waals surface area contributed by atoms with E-state index in [4.69, 9.17) is 10.6 Å². The van der Waals surface area contributed by atoms with Crippen molar-refractivity contribution in [1.29, 1.82) is 0 Å². The van der Waals surface area contributed by atoms with Crippen molar-refractivity contribution in [2.75, 3.05) is 0 Å². The minimum absolute atomic E-state index is 0.0905. The number of benzene rings is 2. The van der Waals surface area contributed by atoms with Gasteiger partial charge in [0.2, 0.25) is 5.91 Å². The van der Waals surface area contributed by atoms with Crippen LogP contribution in [0.3, 0.4) is 0 Å². The summed E-state index contributed by atoms with van der Waals surface area (Å²) in [5, 5.41) is 5.03. The Labute approximate surface area is 163 Å². The van der Waals surface area contributed by atoms with Crippen molar-refractivity contribution >= 4 is 17.9 Å². The van der Waals surface area contributed by atoms with E-state index in [9.17, 15) is 14.4 Å². The molecule has 0 fully saturated rings. The summed E-state index contributed by atoms with van der Waals surface area (Å²) >= 11 is 0. The van der Waals surface area contributed by atoms with Crippen molar-refractivity contribution < 1.29 is 19.1 Å². The molecule has 0 radical (unpaired) electrons. The molecule has 0 aliphatic carbocycles. The van der Waals surface area contributed by atoms with E-state index in [1.807, 2.05) is 66.1 Å². The lowest BCUT2D eigenvalue weighted by Crippen LogP contribution is -2.54. The van der Waals surface area contributed by atoms with Crippen molar-refractivity contribution in [3.8, 4) is 0 Å². The van der Waals surface area contributed by atoms with Gasteiger partial charge >= 0.3 is 6.09 Å². The summed E-state index contributed by atoms with van der Waals surface area (Å²) in [5.74, 6) is 4.16. The molecule has 8 nitrogen and oxygen atoms in total. The molecule has 0 bridgehead atoms. The van der Waals surface area contributed by atoms with Crippen LogP contribution in [0.1, 0.15) is 18.1 Å². The minimum atomic E-state index is -0.896. The number of nitrogens with one attached hydrogen (secondary N) is 3. The third kappa shape index (κ3) is 6.73. The molecule has 8 heteroatoms. The van der Waals surface area contributed by atoms with Gasteiger partial charge in [-0.05, 0) is 18.1 Å². The fourth-order valence-electron chi connectivity index (χ4n) is 2.46. The van der Waals surface area contributed by atoms with E-state index in [1.165, 1.54) is 6.92 Å². The quantitative estimate of drug-likeness (QED) is 0.307. The Bertz CT molecular complexity index is 783. The summed E-state index contributed by atoms with van der Waals surface area (Å²) in [6, 6.07) is 16.6. The third-order valence-corrected chi connectivity index (χ3v) is 4.00. The predicted molar refractivity (Wildman–Crippen MR) is 104 cm³/mol. The molecule has 0 unspecified atom stereocenters. The fraction of sp³-hybridized carbons (Fsp3) is 0.250. The van der Waals surface area contributed by atoms with Crippen LogP contribution in [0.5, 0.6) is 0 Å². The number of hydrogen-bond acceptors (Lipinski definition) is 5. The van der Waals surface area contributed by atoms with Crippen molar-refractivity contribution in [3.05, 3.63) is 71.8 Å². The van der Waals surface area contributed by atoms with Gasteiger partial charge in [0.1, 0.15) is 18.7 Å². The normalized spacial score (nSPS) is 12.4. The van der Waals surface area contributed by atoms with Crippen LogP contribution in [-0.2, 0) is 27.4 Å². The van der Waals surface area contributed by atoms with Crippen molar-refractivity contribution in [2.24, 2.45) is 5.84 Å². The van der Waals surface area contributed by atoms with Crippen LogP contribution in [0.2, 0.25) is 0 Å². The number of hydrogen-bond donors (Lipinski definition) is 4. The van der Waals surface area contributed by atoms with E-state index >= 15 is 0 Å². The minimum Gasteiger partial charge on any atom is -0.445 e. The molecule has 5 N–H and O–H groups in total. The first-order valence-corrected chi connectivity index (χ1v) is 8.81. The van der Waals surface area contributed by atoms with Gasteiger partial charge in [0.25, 0.3) is 5.91 Å². The molecule has 0 aromatic heterocycles. The Morgan fingerprint density at radius 3 is 2.04 bits per heavy atom. The maximum atomic E-state index is 12.4. The summed E-state index contributed by atoms with van der Waals surface area (Å²) in [6.45, 7) is 1.59. The Hall–Kier alpha value is -3.39. The first-order valence-electron chi connectivity index (χ1n) is 8.81. The molecule has 0 heterocycles. The van der Waals surface area contributed by atoms with Crippen LogP contribution in [0, 0.1) is 0 Å². The van der Waals surface area contributed by atoms with Crippen molar-refractivity contribution in [2.45, 2.75) is 32.0 Å². The smallest absolute Gasteiger partial charge is 0.408 e. The highest BCUT2D eigenvalue weighted by Crippen LogP contribution is 2.04. The van der Waals surface area contributed by atoms with Crippen LogP contribution in [0.15, 0.2) is 60.7 Å². The fourth-order valence-corrected chi connectivity index (χ4v) is 2.46. The van der Waals surface area contributed by atoms with E-state index in [0.29, 0.717) is 0 Å². The zero-order valence-electron chi connectivity index (χ0n) is 15.6. The second kappa shape index (κ2) is 10.7. The zero-order valence-corrected chi connectivity index (χ0v) is 15.6. The second-order valence-electron chi connectivity index (χ2n) is 6.19. The highest BCUT2D eigenvalue weighted by Gasteiger charge is 2.24. The molecule has 148 valence electrons. The van der Waals surface area contributed by atoms with Gasteiger partial charge in [0.05, 0.1) is 0 Å². The SMILES string of the molecule is C[C@H](NC(=O)OCc1ccccc1)C(=O)N[C@@H](Cc1ccccc1)C(=O)NN. The molecule has 2 atom stereocenters. The third-order valence-electron chi connectivity index (χ3n) is 4.00. The van der Waals surface area contributed by atoms with Gasteiger partial charge in [-0.2, -0.15) is 0 Å². The maximum Gasteiger partial charge on any atom is 0.408 e. The highest BCUT2D eigenvalue weighted by molar-refractivity contribution is 5.91. The molecule has 3 amide bonds. The van der Waals surface area contributed by atoms with Gasteiger partial charge in [0, 0.05) is 6.42 Å². The lowest BCUT2D eigenvalue weighted by Gasteiger charge is -2.20. The summed E-state index contributed by atoms with van der Waals surface area (Å²) in [6.07, 6.45) is -0.463. The lowest BCUT2D eigenvalue weighted by molar-refractivity contribution is -0.129. The molecule has 0 aliphatic rings. The lowest BCUT2D eigenvalue weighted by atomic mass is 10.1. The highest BCUT2D eigenvalue weighted by atomic mass is 16.5. The number of amides is 3. The van der Waals surface area contributed by atoms with Crippen LogP contribution in [0.4, 0.5) is 4.79 Å². The average Bonchev–Trinajstić information content (AvgIpc) is 2.72. The topological polar surface area (TPSA) is 123 Å². The van der Waals surface area contributed by atoms with Gasteiger partial charge in [-0.25, -0.2) is 10.6 Å². The number of hydrazine groups is 1. The molecule has 0 saturated heterocycles. The largest absolute Gasteiger partial charge is 0.445 e. The Morgan fingerprint density at radius 1 is 0.893 bits per heavy atom. The summed E-state index contributed by atoms with van der Waals surface area (Å²) in [7, 11) is 0. The molecule has 0 spiro atoms. The second-order valence-corrected chi connectivity index (χ2v) is 6.19. The maximum absolute atomic E-state index is 12.4. The number of carbonyl (C=O) groups excluding carboxylic acids is 3. The van der Waals surface area contributed by atoms with E-state index in [0.717, 1.165) is 11.1 Å². The molecular formula is C20H24N4O4. The van der Waals surface area contributed by atoms with Crippen molar-refractivity contribution in [1.82, 2.24) is 16.1 Å². The predicted octanol–water partition coefficient (Wildman–Crippen LogP) is 1.02. The van der Waals surface area contributed by atoms with Crippen molar-refractivity contribution in [3.63, 3.8) is 0 Å². The Morgan fingerprint density at radius 2 is 1.46 bits per heavy atom. The summed E-state index contributed by atoms with van der Waals surface area (Å²) in [4.78, 5) is 36.3. The summed E-state index contributed by atoms with van der Waals surface area (Å²) < 4.78 is 5.09. The van der Waals surface area contributed by atoms with Gasteiger partial charge < -0.3 is 15.4 Å². The number of nitrogens with two attached hydrogens (primary N) is 1. The standard InChI is InChI=1S/C20H24N4O4/c1-14(22-20(27)28-13-16-10-6-3-7-11-16)18(25)23-17(19(26)24-21)12-15-8-4-2-5-9-15/h2-11,14,17H,12-13,21H2,1H3,(H,22,27)(H,23,25)(H,24,26)/t14-,17-/m0/s1. The monoisotopic (exact) mass is 384 g/mol. The Balaban J connectivity index is 1.87. The van der Waals surface area contributed by atoms with Gasteiger partial charge in [0.15, 0.2) is 0 Å². The van der Waals surface area contributed by atoms with Gasteiger partial charge in [-0.3, -0.25) is 15.0 Å². The average molecular weight is 384 g/mol. The van der Waals surface area contributed by atoms with Crippen LogP contribution < -0.4 is 21.9 Å². The number of carbonyl (C=O) groups is 3. The summed E-state index contributed by atoms with van der Waals surface area (Å²) in [5.41, 5.74) is 3.73. The molecular weight excluding hydrogens is 360 g/mol. The van der Waals surface area contributed by atoms with E-state index in [-0.39, 0.29) is 13.0 Å². The van der Waals surface area contributed by atoms with E-state index < -0.39 is 30.0 Å². The van der Waals surface area contributed by atoms with Crippen LogP contribution in [0.25, 0.3) is 0 Å². The molecule has 2 aromatic rings. The molecule has 28 heavy (non-hydrogen) atoms. The number of ether oxygens (including phenoxy) is 1. The van der Waals surface area contributed by atoms with Crippen LogP contribution in [-0.4, -0.2) is 30.0 Å². The zero-order chi connectivity index (χ0) is 20.4. The molecule has 2 rings (SSSR count). The van der Waals surface area contributed by atoms with E-state index in [2.05, 4.69) is 10.6 Å². The first-order chi connectivity index (χ1) is 13.5. The molecule has 0 saturated carbocycles. The number of rotatable bonds is 8. The van der Waals surface area contributed by atoms with Gasteiger partial charge in [-0.15, -0.1) is 0 Å².